The van der Waals surface area contributed by atoms with Gasteiger partial charge < -0.3 is 15.2 Å². The molecule has 0 saturated carbocycles. The molecule has 2 N–H and O–H groups in total. The molecule has 0 unspecified atom stereocenters. The Balaban J connectivity index is 3.20. The average Bonchev–Trinajstić information content (AvgIpc) is 2.78. The van der Waals surface area contributed by atoms with Crippen LogP contribution in [0.15, 0.2) is 63.4 Å². The van der Waals surface area contributed by atoms with Crippen molar-refractivity contribution in [2.24, 2.45) is 15.4 Å². The molecule has 0 aliphatic rings. The van der Waals surface area contributed by atoms with Gasteiger partial charge in [-0.2, -0.15) is 0 Å². The molecule has 0 aliphatic heterocycles. The number of hydrogen-bond acceptors (Lipinski definition) is 6. The van der Waals surface area contributed by atoms with Gasteiger partial charge in [0.1, 0.15) is 6.73 Å². The van der Waals surface area contributed by atoms with Gasteiger partial charge in [-0.05, 0) is 50.1 Å². The molecule has 1 aromatic carbocycles. The van der Waals surface area contributed by atoms with Gasteiger partial charge in [-0.15, -0.1) is 0 Å². The van der Waals surface area contributed by atoms with Crippen LogP contribution in [-0.4, -0.2) is 69.4 Å². The highest BCUT2D eigenvalue weighted by Crippen LogP contribution is 2.22. The first-order valence-electron chi connectivity index (χ1n) is 11.2. The van der Waals surface area contributed by atoms with E-state index < -0.39 is 22.0 Å². The Hall–Kier alpha value is -2.82. The van der Waals surface area contributed by atoms with E-state index in [0.29, 0.717) is 12.8 Å². The molecule has 0 spiro atoms. The van der Waals surface area contributed by atoms with Crippen molar-refractivity contribution in [1.82, 2.24) is 9.62 Å². The van der Waals surface area contributed by atoms with Gasteiger partial charge in [0.2, 0.25) is 5.96 Å². The van der Waals surface area contributed by atoms with Crippen LogP contribution in [0.25, 0.3) is 0 Å². The van der Waals surface area contributed by atoms with Crippen LogP contribution < -0.4 is 5.32 Å². The van der Waals surface area contributed by atoms with E-state index in [0.717, 1.165) is 9.88 Å². The Morgan fingerprint density at radius 3 is 2.57 bits per heavy atom. The number of methoxy groups -OCH3 is 1. The van der Waals surface area contributed by atoms with Gasteiger partial charge in [-0.1, -0.05) is 51.1 Å². The SMILES string of the molecule is C=N/C(=N\CC/C=C\C(=C)C)N(COC)S(=O)(=O)c1cccc(C(=O)N[C@@H](CO)CC(C)(C)C)c1. The molecule has 0 bridgehead atoms. The second-order valence-electron chi connectivity index (χ2n) is 9.29. The van der Waals surface area contributed by atoms with Crippen molar-refractivity contribution in [1.29, 1.82) is 0 Å². The third-order valence-electron chi connectivity index (χ3n) is 4.66. The standard InChI is InChI=1S/C25H38N4O5S/c1-19(2)11-8-9-14-27-24(26-6)29(18-34-7)35(32,33)22-13-10-12-20(15-22)23(31)28-21(17-30)16-25(3,4)5/h8,10-13,15,21,30H,1,6,9,14,16-18H2,2-5,7H3,(H,28,31)/b11-8-,27-24+/t21-/m1/s1. The van der Waals surface area contributed by atoms with Crippen molar-refractivity contribution < 1.29 is 23.1 Å². The Morgan fingerprint density at radius 2 is 2.03 bits per heavy atom. The minimum absolute atomic E-state index is 0.111. The fourth-order valence-electron chi connectivity index (χ4n) is 3.18. The van der Waals surface area contributed by atoms with Crippen LogP contribution in [0.3, 0.4) is 0 Å². The van der Waals surface area contributed by atoms with Crippen molar-refractivity contribution >= 4 is 28.6 Å². The first-order valence-corrected chi connectivity index (χ1v) is 12.7. The van der Waals surface area contributed by atoms with Gasteiger partial charge in [0, 0.05) is 19.2 Å². The average molecular weight is 507 g/mol. The molecule has 0 aromatic heterocycles. The van der Waals surface area contributed by atoms with E-state index in [4.69, 9.17) is 4.74 Å². The van der Waals surface area contributed by atoms with Crippen molar-refractivity contribution in [3.05, 3.63) is 54.1 Å². The molecule has 0 aliphatic carbocycles. The first kappa shape index (κ1) is 30.2. The van der Waals surface area contributed by atoms with Crippen LogP contribution in [0.1, 0.15) is 50.9 Å². The number of carbonyl (C=O) groups is 1. The summed E-state index contributed by atoms with van der Waals surface area (Å²) in [5.41, 5.74) is 0.929. The predicted octanol–water partition coefficient (Wildman–Crippen LogP) is 3.39. The first-order chi connectivity index (χ1) is 16.3. The maximum Gasteiger partial charge on any atom is 0.268 e. The molecule has 1 rings (SSSR count). The number of amides is 1. The van der Waals surface area contributed by atoms with E-state index in [1.165, 1.54) is 31.4 Å². The largest absolute Gasteiger partial charge is 0.394 e. The molecule has 10 heteroatoms. The Bertz CT molecular complexity index is 1040. The van der Waals surface area contributed by atoms with E-state index in [1.807, 2.05) is 39.8 Å². The highest BCUT2D eigenvalue weighted by molar-refractivity contribution is 7.89. The minimum Gasteiger partial charge on any atom is -0.394 e. The summed E-state index contributed by atoms with van der Waals surface area (Å²) in [6.07, 6.45) is 4.84. The zero-order chi connectivity index (χ0) is 26.6. The Morgan fingerprint density at radius 1 is 1.34 bits per heavy atom. The lowest BCUT2D eigenvalue weighted by molar-refractivity contribution is 0.0897. The molecule has 9 nitrogen and oxygen atoms in total. The monoisotopic (exact) mass is 506 g/mol. The summed E-state index contributed by atoms with van der Waals surface area (Å²) in [5.74, 6) is -0.598. The van der Waals surface area contributed by atoms with Gasteiger partial charge >= 0.3 is 0 Å². The second-order valence-corrected chi connectivity index (χ2v) is 11.2. The van der Waals surface area contributed by atoms with Crippen LogP contribution in [0, 0.1) is 5.41 Å². The minimum atomic E-state index is -4.17. The molecular formula is C25H38N4O5S. The number of sulfonamides is 1. The van der Waals surface area contributed by atoms with Crippen molar-refractivity contribution in [3.63, 3.8) is 0 Å². The van der Waals surface area contributed by atoms with E-state index in [1.54, 1.807) is 0 Å². The molecule has 0 saturated heterocycles. The lowest BCUT2D eigenvalue weighted by Crippen LogP contribution is -2.40. The number of rotatable bonds is 12. The van der Waals surface area contributed by atoms with E-state index in [-0.39, 0.29) is 41.7 Å². The molecule has 1 amide bonds. The molecule has 0 fully saturated rings. The molecule has 1 aromatic rings. The summed E-state index contributed by atoms with van der Waals surface area (Å²) in [7, 11) is -2.81. The predicted molar refractivity (Wildman–Crippen MR) is 140 cm³/mol. The summed E-state index contributed by atoms with van der Waals surface area (Å²) >= 11 is 0. The number of aliphatic imine (C=N–C) groups is 2. The van der Waals surface area contributed by atoms with Crippen molar-refractivity contribution in [2.75, 3.05) is 27.0 Å². The Kier molecular flexibility index (Phi) is 12.0. The number of benzene rings is 1. The lowest BCUT2D eigenvalue weighted by Gasteiger charge is -2.25. The fourth-order valence-corrected chi connectivity index (χ4v) is 4.53. The van der Waals surface area contributed by atoms with Crippen LogP contribution in [0.2, 0.25) is 0 Å². The highest BCUT2D eigenvalue weighted by Gasteiger charge is 2.28. The van der Waals surface area contributed by atoms with Crippen molar-refractivity contribution in [3.8, 4) is 0 Å². The quantitative estimate of drug-likeness (QED) is 0.148. The summed E-state index contributed by atoms with van der Waals surface area (Å²) in [5, 5.41) is 12.4. The summed E-state index contributed by atoms with van der Waals surface area (Å²) in [6.45, 7) is 14.8. The topological polar surface area (TPSA) is 121 Å². The second kappa shape index (κ2) is 13.9. The Labute approximate surface area is 209 Å². The number of nitrogens with zero attached hydrogens (tertiary/aromatic N) is 3. The van der Waals surface area contributed by atoms with Crippen LogP contribution in [-0.2, 0) is 14.8 Å². The van der Waals surface area contributed by atoms with Gasteiger partial charge in [0.15, 0.2) is 0 Å². The number of allylic oxidation sites excluding steroid dienone is 2. The van der Waals surface area contributed by atoms with Gasteiger partial charge in [-0.25, -0.2) is 22.7 Å². The zero-order valence-corrected chi connectivity index (χ0v) is 22.1. The summed E-state index contributed by atoms with van der Waals surface area (Å²) in [4.78, 5) is 20.7. The van der Waals surface area contributed by atoms with Gasteiger partial charge in [0.25, 0.3) is 15.9 Å². The summed E-state index contributed by atoms with van der Waals surface area (Å²) < 4.78 is 32.8. The third-order valence-corrected chi connectivity index (χ3v) is 6.36. The van der Waals surface area contributed by atoms with Crippen molar-refractivity contribution in [2.45, 2.75) is 51.5 Å². The third kappa shape index (κ3) is 10.1. The molecule has 194 valence electrons. The maximum atomic E-state index is 13.4. The summed E-state index contributed by atoms with van der Waals surface area (Å²) in [6, 6.07) is 5.18. The van der Waals surface area contributed by atoms with E-state index in [2.05, 4.69) is 28.6 Å². The fraction of sp³-hybridized carbons (Fsp3) is 0.480. The number of aliphatic hydroxyl groups is 1. The molecule has 1 atom stereocenters. The van der Waals surface area contributed by atoms with E-state index >= 15 is 0 Å². The lowest BCUT2D eigenvalue weighted by atomic mass is 9.88. The molecule has 0 radical (unpaired) electrons. The number of carbonyl (C=O) groups excluding carboxylic acids is 1. The number of ether oxygens (including phenoxy) is 1. The van der Waals surface area contributed by atoms with E-state index in [9.17, 15) is 18.3 Å². The zero-order valence-electron chi connectivity index (χ0n) is 21.3. The van der Waals surface area contributed by atoms with Gasteiger partial charge in [-0.3, -0.25) is 4.79 Å². The number of guanidine groups is 1. The maximum absolute atomic E-state index is 13.4. The van der Waals surface area contributed by atoms with Crippen LogP contribution >= 0.6 is 0 Å². The number of hydrogen-bond donors (Lipinski definition) is 2. The van der Waals surface area contributed by atoms with Crippen LogP contribution in [0.4, 0.5) is 0 Å². The highest BCUT2D eigenvalue weighted by atomic mass is 32.2. The molecular weight excluding hydrogens is 468 g/mol. The number of aliphatic hydroxyl groups excluding tert-OH is 1. The molecule has 35 heavy (non-hydrogen) atoms. The van der Waals surface area contributed by atoms with Crippen LogP contribution in [0.5, 0.6) is 0 Å². The smallest absolute Gasteiger partial charge is 0.268 e. The van der Waals surface area contributed by atoms with Gasteiger partial charge in [0.05, 0.1) is 17.5 Å². The molecule has 0 heterocycles. The normalized spacial score (nSPS) is 13.5. The number of nitrogens with one attached hydrogen (secondary N) is 1.